The van der Waals surface area contributed by atoms with E-state index in [-0.39, 0.29) is 5.56 Å². The molecule has 0 aliphatic heterocycles. The third-order valence-corrected chi connectivity index (χ3v) is 4.21. The Morgan fingerprint density at radius 3 is 2.30 bits per heavy atom. The molecule has 0 saturated heterocycles. The lowest BCUT2D eigenvalue weighted by molar-refractivity contribution is 0.661. The smallest absolute Gasteiger partial charge is 0.262 e. The van der Waals surface area contributed by atoms with Crippen molar-refractivity contribution in [1.29, 1.82) is 0 Å². The molecule has 5 rings (SSSR count). The highest BCUT2D eigenvalue weighted by molar-refractivity contribution is 6.22. The molecule has 0 saturated carbocycles. The summed E-state index contributed by atoms with van der Waals surface area (Å²) in [5, 5.41) is 2.26. The minimum Gasteiger partial charge on any atom is -0.452 e. The lowest BCUT2D eigenvalue weighted by Gasteiger charge is -2.07. The Bertz CT molecular complexity index is 1360. The fraction of sp³-hybridized carbons (Fsp3) is 0. The van der Waals surface area contributed by atoms with Gasteiger partial charge in [0.2, 0.25) is 0 Å². The minimum absolute atomic E-state index is 0.297. The highest BCUT2D eigenvalue weighted by Crippen LogP contribution is 2.32. The number of hydrogen-bond acceptors (Lipinski definition) is 3. The van der Waals surface area contributed by atoms with Crippen LogP contribution >= 0.6 is 0 Å². The Kier molecular flexibility index (Phi) is 2.18. The molecule has 3 aromatic carbocycles. The van der Waals surface area contributed by atoms with E-state index < -0.39 is 5.56 Å². The normalized spacial score (nSPS) is 11.8. The molecule has 0 aliphatic rings. The maximum atomic E-state index is 12.3. The van der Waals surface area contributed by atoms with Crippen LogP contribution in [-0.2, 0) is 0 Å². The summed E-state index contributed by atoms with van der Waals surface area (Å²) < 4.78 is 5.97. The fourth-order valence-corrected chi connectivity index (χ4v) is 3.22. The van der Waals surface area contributed by atoms with Crippen LogP contribution in [0.5, 0.6) is 0 Å². The van der Waals surface area contributed by atoms with Crippen molar-refractivity contribution in [2.24, 2.45) is 0 Å². The lowest BCUT2D eigenvalue weighted by atomic mass is 10.0. The molecule has 0 radical (unpaired) electrons. The maximum absolute atomic E-state index is 12.3. The summed E-state index contributed by atoms with van der Waals surface area (Å²) >= 11 is 0. The van der Waals surface area contributed by atoms with Crippen LogP contribution in [0.2, 0.25) is 0 Å². The van der Waals surface area contributed by atoms with Crippen LogP contribution in [0.15, 0.2) is 62.5 Å². The standard InChI is InChI=1S/C18H10N2O3/c21-17-13-9-5-1-2-6-10(9)15-16(14(13)18(22)20-17)23-12-8-4-3-7-11(12)19-15/h1-8,19H,(H,20,21,22). The van der Waals surface area contributed by atoms with Gasteiger partial charge in [0.05, 0.1) is 21.8 Å². The average molecular weight is 302 g/mol. The van der Waals surface area contributed by atoms with E-state index in [1.54, 1.807) is 0 Å². The van der Waals surface area contributed by atoms with Gasteiger partial charge in [0, 0.05) is 5.39 Å². The number of nitrogens with one attached hydrogen (secondary N) is 2. The molecule has 2 heterocycles. The molecule has 5 heteroatoms. The summed E-state index contributed by atoms with van der Waals surface area (Å²) in [5.41, 5.74) is 1.77. The summed E-state index contributed by atoms with van der Waals surface area (Å²) in [5.74, 6) is 0. The number of aromatic amines is 2. The summed E-state index contributed by atoms with van der Waals surface area (Å²) in [6.07, 6.45) is 0. The Morgan fingerprint density at radius 1 is 0.739 bits per heavy atom. The van der Waals surface area contributed by atoms with E-state index in [4.69, 9.17) is 4.42 Å². The molecule has 23 heavy (non-hydrogen) atoms. The average Bonchev–Trinajstić information content (AvgIpc) is 2.88. The number of para-hydroxylation sites is 2. The SMILES string of the molecule is O=c1[nH]c(=O)c2c3oc4ccccc4[nH]c3c3ccccc3c12. The molecular formula is C18H10N2O3. The van der Waals surface area contributed by atoms with Crippen molar-refractivity contribution in [1.82, 2.24) is 9.97 Å². The largest absolute Gasteiger partial charge is 0.452 e. The van der Waals surface area contributed by atoms with Crippen LogP contribution in [0.1, 0.15) is 0 Å². The van der Waals surface area contributed by atoms with Crippen molar-refractivity contribution in [3.05, 3.63) is 69.2 Å². The Hall–Kier alpha value is -3.34. The van der Waals surface area contributed by atoms with Gasteiger partial charge < -0.3 is 9.40 Å². The first kappa shape index (κ1) is 12.2. The van der Waals surface area contributed by atoms with E-state index in [0.717, 1.165) is 16.3 Å². The summed E-state index contributed by atoms with van der Waals surface area (Å²) in [7, 11) is 0. The zero-order valence-corrected chi connectivity index (χ0v) is 11.8. The molecule has 0 bridgehead atoms. The van der Waals surface area contributed by atoms with Crippen LogP contribution < -0.4 is 11.1 Å². The highest BCUT2D eigenvalue weighted by Gasteiger charge is 2.18. The van der Waals surface area contributed by atoms with E-state index in [1.165, 1.54) is 0 Å². The Morgan fingerprint density at radius 2 is 1.43 bits per heavy atom. The van der Waals surface area contributed by atoms with Crippen molar-refractivity contribution in [3.63, 3.8) is 0 Å². The molecule has 5 aromatic rings. The van der Waals surface area contributed by atoms with Crippen molar-refractivity contribution >= 4 is 43.7 Å². The van der Waals surface area contributed by atoms with E-state index >= 15 is 0 Å². The lowest BCUT2D eigenvalue weighted by Crippen LogP contribution is -2.05. The van der Waals surface area contributed by atoms with Gasteiger partial charge >= 0.3 is 0 Å². The van der Waals surface area contributed by atoms with Crippen molar-refractivity contribution in [2.45, 2.75) is 0 Å². The second-order valence-electron chi connectivity index (χ2n) is 5.51. The van der Waals surface area contributed by atoms with Crippen LogP contribution in [0.25, 0.3) is 43.7 Å². The van der Waals surface area contributed by atoms with E-state index in [1.807, 2.05) is 48.5 Å². The van der Waals surface area contributed by atoms with Crippen LogP contribution in [0, 0.1) is 0 Å². The van der Waals surface area contributed by atoms with Crippen molar-refractivity contribution in [2.75, 3.05) is 0 Å². The number of fused-ring (bicyclic) bond motifs is 7. The first-order valence-corrected chi connectivity index (χ1v) is 7.22. The number of H-pyrrole nitrogens is 2. The molecule has 2 N–H and O–H groups in total. The third-order valence-electron chi connectivity index (χ3n) is 4.21. The topological polar surface area (TPSA) is 78.9 Å². The third kappa shape index (κ3) is 1.51. The molecule has 5 nitrogen and oxygen atoms in total. The van der Waals surface area contributed by atoms with Gasteiger partial charge in [0.25, 0.3) is 11.1 Å². The molecule has 0 aliphatic carbocycles. The zero-order valence-electron chi connectivity index (χ0n) is 11.8. The van der Waals surface area contributed by atoms with Crippen LogP contribution in [-0.4, -0.2) is 9.97 Å². The second kappa shape index (κ2) is 4.10. The second-order valence-corrected chi connectivity index (χ2v) is 5.51. The van der Waals surface area contributed by atoms with E-state index in [2.05, 4.69) is 9.97 Å². The van der Waals surface area contributed by atoms with Gasteiger partial charge in [-0.3, -0.25) is 14.6 Å². The zero-order chi connectivity index (χ0) is 15.6. The van der Waals surface area contributed by atoms with Crippen molar-refractivity contribution in [3.8, 4) is 0 Å². The molecule has 0 atom stereocenters. The highest BCUT2D eigenvalue weighted by atomic mass is 16.3. The number of benzene rings is 3. The summed E-state index contributed by atoms with van der Waals surface area (Å²) in [4.78, 5) is 30.2. The fourth-order valence-electron chi connectivity index (χ4n) is 3.22. The monoisotopic (exact) mass is 302 g/mol. The first-order valence-electron chi connectivity index (χ1n) is 7.22. The van der Waals surface area contributed by atoms with Gasteiger partial charge in [-0.15, -0.1) is 0 Å². The predicted octanol–water partition coefficient (Wildman–Crippen LogP) is 3.27. The summed E-state index contributed by atoms with van der Waals surface area (Å²) in [6.45, 7) is 0. The Balaban J connectivity index is 2.25. The first-order chi connectivity index (χ1) is 11.2. The quantitative estimate of drug-likeness (QED) is 0.340. The van der Waals surface area contributed by atoms with Gasteiger partial charge in [-0.1, -0.05) is 36.4 Å². The summed E-state index contributed by atoms with van der Waals surface area (Å²) in [6, 6.07) is 15.0. The minimum atomic E-state index is -0.423. The van der Waals surface area contributed by atoms with Gasteiger partial charge in [-0.25, -0.2) is 0 Å². The molecule has 110 valence electrons. The number of aromatic nitrogens is 2. The van der Waals surface area contributed by atoms with E-state index in [9.17, 15) is 9.59 Å². The molecule has 0 fully saturated rings. The molecule has 0 amide bonds. The van der Waals surface area contributed by atoms with Gasteiger partial charge in [0.1, 0.15) is 0 Å². The van der Waals surface area contributed by atoms with Gasteiger partial charge in [-0.05, 0) is 17.5 Å². The van der Waals surface area contributed by atoms with Gasteiger partial charge in [-0.2, -0.15) is 0 Å². The van der Waals surface area contributed by atoms with Crippen LogP contribution in [0.4, 0.5) is 0 Å². The number of hydrogen-bond donors (Lipinski definition) is 2. The Labute approximate surface area is 128 Å². The molecular weight excluding hydrogens is 292 g/mol. The maximum Gasteiger partial charge on any atom is 0.262 e. The van der Waals surface area contributed by atoms with Gasteiger partial charge in [0.15, 0.2) is 11.2 Å². The molecule has 0 unspecified atom stereocenters. The predicted molar refractivity (Wildman–Crippen MR) is 90.0 cm³/mol. The van der Waals surface area contributed by atoms with Crippen LogP contribution in [0.3, 0.4) is 0 Å². The van der Waals surface area contributed by atoms with E-state index in [0.29, 0.717) is 27.5 Å². The van der Waals surface area contributed by atoms with Crippen molar-refractivity contribution < 1.29 is 4.42 Å². The molecule has 2 aromatic heterocycles. The number of rotatable bonds is 0. The molecule has 0 spiro atoms.